The Morgan fingerprint density at radius 3 is 2.92 bits per heavy atom. The number of H-pyrrole nitrogens is 1. The van der Waals surface area contributed by atoms with Gasteiger partial charge in [0.05, 0.1) is 16.8 Å². The van der Waals surface area contributed by atoms with E-state index < -0.39 is 5.82 Å². The molecule has 3 N–H and O–H groups in total. The Labute approximate surface area is 143 Å². The fraction of sp³-hybridized carbons (Fsp3) is 0.312. The van der Waals surface area contributed by atoms with E-state index in [2.05, 4.69) is 25.1 Å². The highest BCUT2D eigenvalue weighted by atomic mass is 35.5. The van der Waals surface area contributed by atoms with Crippen LogP contribution < -0.4 is 10.6 Å². The molecule has 0 radical (unpaired) electrons. The first kappa shape index (κ1) is 16.6. The highest BCUT2D eigenvalue weighted by Crippen LogP contribution is 2.32. The van der Waals surface area contributed by atoms with Crippen LogP contribution in [0.5, 0.6) is 0 Å². The second-order valence-electron chi connectivity index (χ2n) is 5.32. The molecule has 0 unspecified atom stereocenters. The molecule has 126 valence electrons. The molecule has 0 amide bonds. The van der Waals surface area contributed by atoms with Crippen molar-refractivity contribution >= 4 is 28.6 Å². The first-order valence-corrected chi connectivity index (χ1v) is 8.14. The molecule has 3 aromatic rings. The number of nitrogens with two attached hydrogens (primary N) is 1. The lowest BCUT2D eigenvalue weighted by Gasteiger charge is -2.20. The summed E-state index contributed by atoms with van der Waals surface area (Å²) in [6.07, 6.45) is 2.53. The minimum Gasteiger partial charge on any atom is -0.355 e. The average Bonchev–Trinajstić information content (AvgIpc) is 2.99. The Balaban J connectivity index is 2.03. The first-order valence-electron chi connectivity index (χ1n) is 7.76. The highest BCUT2D eigenvalue weighted by Gasteiger charge is 2.18. The maximum Gasteiger partial charge on any atom is 0.177 e. The van der Waals surface area contributed by atoms with Crippen LogP contribution in [0.25, 0.3) is 22.4 Å². The van der Waals surface area contributed by atoms with E-state index >= 15 is 0 Å². The number of nitrogens with zero attached hydrogens (tertiary/aromatic N) is 4. The maximum absolute atomic E-state index is 14.1. The molecule has 2 aromatic heterocycles. The van der Waals surface area contributed by atoms with Gasteiger partial charge in [-0.3, -0.25) is 5.10 Å². The van der Waals surface area contributed by atoms with Gasteiger partial charge in [0.2, 0.25) is 0 Å². The van der Waals surface area contributed by atoms with Crippen molar-refractivity contribution in [1.82, 2.24) is 20.2 Å². The summed E-state index contributed by atoms with van der Waals surface area (Å²) < 4.78 is 14.1. The number of nitrogens with one attached hydrogen (secondary N) is 1. The summed E-state index contributed by atoms with van der Waals surface area (Å²) in [7, 11) is 0. The number of aromatic amines is 1. The van der Waals surface area contributed by atoms with Crippen LogP contribution in [-0.4, -0.2) is 39.8 Å². The Kier molecular flexibility index (Phi) is 4.92. The minimum atomic E-state index is -0.445. The summed E-state index contributed by atoms with van der Waals surface area (Å²) in [6.45, 7) is 4.25. The summed E-state index contributed by atoms with van der Waals surface area (Å²) in [4.78, 5) is 11.0. The molecule has 0 saturated heterocycles. The third kappa shape index (κ3) is 3.05. The van der Waals surface area contributed by atoms with E-state index in [1.807, 2.05) is 6.92 Å². The van der Waals surface area contributed by atoms with Crippen molar-refractivity contribution < 1.29 is 4.39 Å². The normalized spacial score (nSPS) is 11.2. The molecule has 0 saturated carbocycles. The lowest BCUT2D eigenvalue weighted by atomic mass is 10.1. The lowest BCUT2D eigenvalue weighted by molar-refractivity contribution is 0.631. The van der Waals surface area contributed by atoms with Crippen LogP contribution in [0.1, 0.15) is 13.3 Å². The molecular formula is C16H18ClFN6. The molecule has 0 aliphatic carbocycles. The first-order chi connectivity index (χ1) is 11.7. The number of aromatic nitrogens is 4. The monoisotopic (exact) mass is 348 g/mol. The van der Waals surface area contributed by atoms with Crippen LogP contribution in [-0.2, 0) is 0 Å². The maximum atomic E-state index is 14.1. The van der Waals surface area contributed by atoms with E-state index in [1.165, 1.54) is 6.07 Å². The van der Waals surface area contributed by atoms with Crippen molar-refractivity contribution in [3.05, 3.63) is 35.2 Å². The molecule has 2 heterocycles. The van der Waals surface area contributed by atoms with E-state index in [4.69, 9.17) is 17.3 Å². The quantitative estimate of drug-likeness (QED) is 0.715. The molecule has 24 heavy (non-hydrogen) atoms. The summed E-state index contributed by atoms with van der Waals surface area (Å²) >= 11 is 6.12. The fourth-order valence-electron chi connectivity index (χ4n) is 2.56. The van der Waals surface area contributed by atoms with E-state index in [0.29, 0.717) is 23.4 Å². The summed E-state index contributed by atoms with van der Waals surface area (Å²) in [5.74, 6) is 0.285. The minimum absolute atomic E-state index is 0.225. The Hall–Kier alpha value is -2.25. The van der Waals surface area contributed by atoms with Gasteiger partial charge in [0.15, 0.2) is 5.65 Å². The third-order valence-corrected chi connectivity index (χ3v) is 4.11. The Bertz CT molecular complexity index is 829. The van der Waals surface area contributed by atoms with Crippen molar-refractivity contribution in [2.24, 2.45) is 5.73 Å². The molecule has 0 fully saturated rings. The zero-order valence-electron chi connectivity index (χ0n) is 13.3. The van der Waals surface area contributed by atoms with Crippen LogP contribution in [0.4, 0.5) is 10.2 Å². The second-order valence-corrected chi connectivity index (χ2v) is 5.72. The molecule has 1 aromatic carbocycles. The topological polar surface area (TPSA) is 83.7 Å². The molecule has 8 heteroatoms. The molecule has 0 aliphatic heterocycles. The molecule has 0 spiro atoms. The standard InChI is InChI=1S/C16H18ClFN6/c1-2-24(8-4-7-19)12-9-20-15-14(22-23-16(15)21-12)13-10(17)5-3-6-11(13)18/h3,5-6,9H,2,4,7-8,19H2,1H3,(H,21,22,23). The van der Waals surface area contributed by atoms with Gasteiger partial charge in [-0.1, -0.05) is 17.7 Å². The number of hydrogen-bond donors (Lipinski definition) is 2. The Morgan fingerprint density at radius 1 is 1.38 bits per heavy atom. The average molecular weight is 349 g/mol. The van der Waals surface area contributed by atoms with Gasteiger partial charge >= 0.3 is 0 Å². The largest absolute Gasteiger partial charge is 0.355 e. The van der Waals surface area contributed by atoms with Crippen LogP contribution >= 0.6 is 11.6 Å². The van der Waals surface area contributed by atoms with Crippen LogP contribution in [0.3, 0.4) is 0 Å². The summed E-state index contributed by atoms with van der Waals surface area (Å²) in [6, 6.07) is 4.51. The van der Waals surface area contributed by atoms with Gasteiger partial charge in [-0.15, -0.1) is 0 Å². The number of hydrogen-bond acceptors (Lipinski definition) is 5. The number of rotatable bonds is 6. The number of halogens is 2. The second kappa shape index (κ2) is 7.11. The predicted octanol–water partition coefficient (Wildman–Crippen LogP) is 2.99. The van der Waals surface area contributed by atoms with Crippen LogP contribution in [0.15, 0.2) is 24.4 Å². The van der Waals surface area contributed by atoms with Crippen molar-refractivity contribution in [3.8, 4) is 11.3 Å². The fourth-order valence-corrected chi connectivity index (χ4v) is 2.81. The molecular weight excluding hydrogens is 331 g/mol. The number of fused-ring (bicyclic) bond motifs is 1. The molecule has 0 atom stereocenters. The van der Waals surface area contributed by atoms with E-state index in [9.17, 15) is 4.39 Å². The number of anilines is 1. The van der Waals surface area contributed by atoms with Crippen molar-refractivity contribution in [2.45, 2.75) is 13.3 Å². The predicted molar refractivity (Wildman–Crippen MR) is 93.6 cm³/mol. The number of benzene rings is 1. The highest BCUT2D eigenvalue weighted by molar-refractivity contribution is 6.33. The lowest BCUT2D eigenvalue weighted by Crippen LogP contribution is -2.26. The van der Waals surface area contributed by atoms with Gasteiger partial charge in [0, 0.05) is 13.1 Å². The van der Waals surface area contributed by atoms with Gasteiger partial charge in [-0.05, 0) is 32.0 Å². The van der Waals surface area contributed by atoms with Crippen molar-refractivity contribution in [2.75, 3.05) is 24.5 Å². The molecule has 0 aliphatic rings. The van der Waals surface area contributed by atoms with E-state index in [0.717, 1.165) is 25.3 Å². The summed E-state index contributed by atoms with van der Waals surface area (Å²) in [5, 5.41) is 7.26. The van der Waals surface area contributed by atoms with E-state index in [-0.39, 0.29) is 10.6 Å². The van der Waals surface area contributed by atoms with Crippen molar-refractivity contribution in [3.63, 3.8) is 0 Å². The zero-order valence-corrected chi connectivity index (χ0v) is 14.0. The van der Waals surface area contributed by atoms with Gasteiger partial charge < -0.3 is 10.6 Å². The molecule has 6 nitrogen and oxygen atoms in total. The van der Waals surface area contributed by atoms with Gasteiger partial charge in [-0.25, -0.2) is 14.4 Å². The van der Waals surface area contributed by atoms with Gasteiger partial charge in [0.1, 0.15) is 22.8 Å². The third-order valence-electron chi connectivity index (χ3n) is 3.80. The smallest absolute Gasteiger partial charge is 0.177 e. The Morgan fingerprint density at radius 2 is 2.21 bits per heavy atom. The molecule has 3 rings (SSSR count). The van der Waals surface area contributed by atoms with Gasteiger partial charge in [0.25, 0.3) is 0 Å². The van der Waals surface area contributed by atoms with Gasteiger partial charge in [-0.2, -0.15) is 5.10 Å². The summed E-state index contributed by atoms with van der Waals surface area (Å²) in [5.41, 5.74) is 7.13. The zero-order chi connectivity index (χ0) is 17.1. The van der Waals surface area contributed by atoms with Crippen LogP contribution in [0, 0.1) is 5.82 Å². The SMILES string of the molecule is CCN(CCCN)c1cnc2c(-c3c(F)cccc3Cl)n[nH]c2n1. The van der Waals surface area contributed by atoms with Crippen LogP contribution in [0.2, 0.25) is 5.02 Å². The molecule has 0 bridgehead atoms. The van der Waals surface area contributed by atoms with Crippen molar-refractivity contribution in [1.29, 1.82) is 0 Å². The van der Waals surface area contributed by atoms with E-state index in [1.54, 1.807) is 18.3 Å².